The number of nitrogens with zero attached hydrogens (tertiary/aromatic N) is 3. The minimum Gasteiger partial charge on any atom is -0.478 e. The van der Waals surface area contributed by atoms with Crippen LogP contribution in [0.2, 0.25) is 0 Å². The lowest BCUT2D eigenvalue weighted by atomic mass is 9.89. The number of halogens is 4. The monoisotopic (exact) mass is 575 g/mol. The van der Waals surface area contributed by atoms with Gasteiger partial charge in [-0.05, 0) is 54.1 Å². The fourth-order valence-electron chi connectivity index (χ4n) is 4.73. The second kappa shape index (κ2) is 10.4. The second-order valence-electron chi connectivity index (χ2n) is 9.33. The van der Waals surface area contributed by atoms with E-state index in [-0.39, 0.29) is 51.8 Å². The lowest BCUT2D eigenvalue weighted by molar-refractivity contribution is 0.0691. The van der Waals surface area contributed by atoms with E-state index in [1.165, 1.54) is 42.5 Å². The Kier molecular flexibility index (Phi) is 6.61. The molecule has 0 saturated heterocycles. The molecule has 1 aliphatic rings. The molecule has 3 aromatic carbocycles. The molecule has 1 unspecified atom stereocenters. The first-order chi connectivity index (χ1) is 20.2. The first-order valence-electron chi connectivity index (χ1n) is 12.4. The smallest absolute Gasteiger partial charge is 0.338 e. The van der Waals surface area contributed by atoms with Crippen molar-refractivity contribution in [2.75, 3.05) is 0 Å². The largest absolute Gasteiger partial charge is 0.478 e. The summed E-state index contributed by atoms with van der Waals surface area (Å²) in [5.41, 5.74) is 0.745. The van der Waals surface area contributed by atoms with E-state index < -0.39 is 46.8 Å². The fraction of sp³-hybridized carbons (Fsp3) is 0.0690. The van der Waals surface area contributed by atoms with Crippen LogP contribution in [-0.2, 0) is 6.42 Å². The van der Waals surface area contributed by atoms with Crippen molar-refractivity contribution >= 4 is 24.0 Å². The number of rotatable bonds is 6. The number of carboxylic acid groups (broad SMARTS) is 1. The summed E-state index contributed by atoms with van der Waals surface area (Å²) in [6, 6.07) is 9.62. The molecule has 0 aliphatic carbocycles. The maximum Gasteiger partial charge on any atom is 0.338 e. The normalized spacial score (nSPS) is 14.7. The van der Waals surface area contributed by atoms with E-state index >= 15 is 0 Å². The Morgan fingerprint density at radius 2 is 1.69 bits per heavy atom. The van der Waals surface area contributed by atoms with Gasteiger partial charge in [0.1, 0.15) is 23.3 Å². The van der Waals surface area contributed by atoms with Crippen molar-refractivity contribution in [1.82, 2.24) is 25.7 Å². The predicted molar refractivity (Wildman–Crippen MR) is 140 cm³/mol. The highest BCUT2D eigenvalue weighted by atomic mass is 19.1. The number of hydrogen-bond acceptors (Lipinski definition) is 6. The molecule has 3 heterocycles. The number of carbonyl (C=O) groups is 2. The summed E-state index contributed by atoms with van der Waals surface area (Å²) in [6.07, 6.45) is 2.81. The Morgan fingerprint density at radius 3 is 2.43 bits per heavy atom. The van der Waals surface area contributed by atoms with Crippen LogP contribution in [0.15, 0.2) is 59.0 Å². The summed E-state index contributed by atoms with van der Waals surface area (Å²) < 4.78 is 62.0. The Balaban J connectivity index is 1.40. The van der Waals surface area contributed by atoms with E-state index in [2.05, 4.69) is 25.7 Å². The average Bonchev–Trinajstić information content (AvgIpc) is 3.60. The molecule has 1 aliphatic heterocycles. The van der Waals surface area contributed by atoms with Crippen molar-refractivity contribution in [3.8, 4) is 22.6 Å². The Labute approximate surface area is 233 Å². The number of aromatic amines is 1. The second-order valence-corrected chi connectivity index (χ2v) is 9.33. The molecule has 0 radical (unpaired) electrons. The molecule has 1 atom stereocenters. The third-order valence-corrected chi connectivity index (χ3v) is 6.69. The number of fused-ring (bicyclic) bond motifs is 1. The highest BCUT2D eigenvalue weighted by molar-refractivity contribution is 5.97. The summed E-state index contributed by atoms with van der Waals surface area (Å²) in [5.74, 6) is -5.22. The van der Waals surface area contributed by atoms with Gasteiger partial charge in [-0.25, -0.2) is 22.4 Å². The van der Waals surface area contributed by atoms with Gasteiger partial charge in [0.15, 0.2) is 0 Å². The van der Waals surface area contributed by atoms with Crippen LogP contribution >= 0.6 is 0 Å². The van der Waals surface area contributed by atoms with E-state index in [1.807, 2.05) is 0 Å². The first kappa shape index (κ1) is 26.6. The maximum atomic E-state index is 14.7. The number of benzene rings is 3. The highest BCUT2D eigenvalue weighted by Gasteiger charge is 2.32. The van der Waals surface area contributed by atoms with Gasteiger partial charge in [0.05, 0.1) is 23.0 Å². The van der Waals surface area contributed by atoms with Crippen LogP contribution in [0.1, 0.15) is 49.6 Å². The number of carbonyl (C=O) groups excluding carboxylic acids is 1. The van der Waals surface area contributed by atoms with Gasteiger partial charge in [0.25, 0.3) is 5.91 Å². The van der Waals surface area contributed by atoms with Crippen molar-refractivity contribution in [3.05, 3.63) is 112 Å². The van der Waals surface area contributed by atoms with Crippen molar-refractivity contribution in [1.29, 1.82) is 0 Å². The molecule has 9 nitrogen and oxygen atoms in total. The van der Waals surface area contributed by atoms with Gasteiger partial charge in [-0.3, -0.25) is 9.89 Å². The van der Waals surface area contributed by atoms with Gasteiger partial charge in [-0.15, -0.1) is 10.2 Å². The standard InChI is InChI=1S/C29H17F4N5O4/c30-15-4-1-13(2-5-15)28-38-36-24(42-28)8-7-22-25(14-3-6-17(29(40)41)20(32)9-14)26(37-35-22)23-12-18-19(27(39)34-23)10-16(31)11-21(18)33/h1-11,23H,12H2,(H,34,39)(H,35,37)(H,40,41)/b8-7+. The van der Waals surface area contributed by atoms with E-state index in [9.17, 15) is 32.3 Å². The van der Waals surface area contributed by atoms with Crippen molar-refractivity contribution < 1.29 is 36.7 Å². The third-order valence-electron chi connectivity index (χ3n) is 6.69. The van der Waals surface area contributed by atoms with Crippen LogP contribution < -0.4 is 5.32 Å². The number of nitrogens with one attached hydrogen (secondary N) is 2. The van der Waals surface area contributed by atoms with E-state index in [1.54, 1.807) is 0 Å². The van der Waals surface area contributed by atoms with E-state index in [4.69, 9.17) is 4.42 Å². The number of aromatic nitrogens is 4. The zero-order valence-electron chi connectivity index (χ0n) is 21.2. The highest BCUT2D eigenvalue weighted by Crippen LogP contribution is 2.36. The van der Waals surface area contributed by atoms with Crippen LogP contribution in [0.25, 0.3) is 34.7 Å². The number of amides is 1. The first-order valence-corrected chi connectivity index (χ1v) is 12.4. The number of H-pyrrole nitrogens is 1. The maximum absolute atomic E-state index is 14.7. The van der Waals surface area contributed by atoms with Crippen LogP contribution in [0.4, 0.5) is 17.6 Å². The molecule has 6 rings (SSSR count). The molecule has 210 valence electrons. The molecular weight excluding hydrogens is 558 g/mol. The summed E-state index contributed by atoms with van der Waals surface area (Å²) in [6.45, 7) is 0. The summed E-state index contributed by atoms with van der Waals surface area (Å²) in [7, 11) is 0. The molecular formula is C29H17F4N5O4. The lowest BCUT2D eigenvalue weighted by Gasteiger charge is -2.26. The Morgan fingerprint density at radius 1 is 0.929 bits per heavy atom. The Hall–Kier alpha value is -5.59. The quantitative estimate of drug-likeness (QED) is 0.225. The van der Waals surface area contributed by atoms with Crippen molar-refractivity contribution in [2.45, 2.75) is 12.5 Å². The van der Waals surface area contributed by atoms with Gasteiger partial charge in [0.2, 0.25) is 11.8 Å². The molecule has 0 bridgehead atoms. The van der Waals surface area contributed by atoms with Crippen LogP contribution in [0.5, 0.6) is 0 Å². The number of aromatic carboxylic acids is 1. The van der Waals surface area contributed by atoms with Crippen LogP contribution in [-0.4, -0.2) is 37.4 Å². The van der Waals surface area contributed by atoms with E-state index in [0.29, 0.717) is 11.6 Å². The summed E-state index contributed by atoms with van der Waals surface area (Å²) >= 11 is 0. The molecule has 2 aromatic heterocycles. The minimum absolute atomic E-state index is 0.00520. The topological polar surface area (TPSA) is 134 Å². The third kappa shape index (κ3) is 4.91. The van der Waals surface area contributed by atoms with Crippen LogP contribution in [0, 0.1) is 23.3 Å². The van der Waals surface area contributed by atoms with Crippen molar-refractivity contribution in [3.63, 3.8) is 0 Å². The molecule has 1 amide bonds. The van der Waals surface area contributed by atoms with Crippen molar-refractivity contribution in [2.24, 2.45) is 0 Å². The zero-order chi connectivity index (χ0) is 29.5. The molecule has 0 fully saturated rings. The molecule has 0 saturated carbocycles. The fourth-order valence-corrected chi connectivity index (χ4v) is 4.73. The van der Waals surface area contributed by atoms with Gasteiger partial charge in [-0.2, -0.15) is 5.10 Å². The number of carboxylic acids is 1. The SMILES string of the molecule is O=C(O)c1ccc(-c2c(/C=C/c3nnc(-c4ccc(F)cc4)o3)n[nH]c2C2Cc3c(F)cc(F)cc3C(=O)N2)cc1F. The minimum atomic E-state index is -1.46. The predicted octanol–water partition coefficient (Wildman–Crippen LogP) is 5.58. The number of hydrogen-bond donors (Lipinski definition) is 3. The summed E-state index contributed by atoms with van der Waals surface area (Å²) in [4.78, 5) is 24.2. The van der Waals surface area contributed by atoms with E-state index in [0.717, 1.165) is 18.2 Å². The Bertz CT molecular complexity index is 1900. The molecule has 0 spiro atoms. The molecule has 5 aromatic rings. The molecule has 42 heavy (non-hydrogen) atoms. The lowest BCUT2D eigenvalue weighted by Crippen LogP contribution is -2.36. The summed E-state index contributed by atoms with van der Waals surface area (Å²) in [5, 5.41) is 26.9. The zero-order valence-corrected chi connectivity index (χ0v) is 21.2. The van der Waals surface area contributed by atoms with Gasteiger partial charge < -0.3 is 14.8 Å². The van der Waals surface area contributed by atoms with Gasteiger partial charge >= 0.3 is 5.97 Å². The molecule has 13 heteroatoms. The van der Waals surface area contributed by atoms with Crippen LogP contribution in [0.3, 0.4) is 0 Å². The van der Waals surface area contributed by atoms with Gasteiger partial charge in [-0.1, -0.05) is 6.07 Å². The van der Waals surface area contributed by atoms with Gasteiger partial charge in [0, 0.05) is 40.8 Å². The molecule has 3 N–H and O–H groups in total. The average molecular weight is 575 g/mol.